The topological polar surface area (TPSA) is 38.0 Å². The van der Waals surface area contributed by atoms with E-state index in [9.17, 15) is 0 Å². The fraction of sp³-hybridized carbons (Fsp3) is 0.200. The maximum absolute atomic E-state index is 5.76. The molecule has 19 heavy (non-hydrogen) atoms. The molecule has 3 N–H and O–H groups in total. The van der Waals surface area contributed by atoms with Crippen LogP contribution in [-0.4, -0.2) is 0 Å². The lowest BCUT2D eigenvalue weighted by Gasteiger charge is -2.19. The van der Waals surface area contributed by atoms with E-state index in [0.717, 1.165) is 14.5 Å². The van der Waals surface area contributed by atoms with Gasteiger partial charge in [0.05, 0.1) is 6.04 Å². The molecule has 4 heteroatoms. The monoisotopic (exact) mass is 382 g/mol. The minimum absolute atomic E-state index is 0.0209. The highest BCUT2D eigenvalue weighted by molar-refractivity contribution is 9.11. The SMILES string of the molecule is Cc1cc(C)cc(C(NN)c2cc(Br)cc(Br)c2)c1. The maximum Gasteiger partial charge on any atom is 0.0711 e. The first kappa shape index (κ1) is 14.7. The fourth-order valence-corrected chi connectivity index (χ4v) is 3.63. The minimum atomic E-state index is -0.0209. The van der Waals surface area contributed by atoms with Gasteiger partial charge in [-0.1, -0.05) is 61.2 Å². The van der Waals surface area contributed by atoms with Crippen molar-refractivity contribution in [1.29, 1.82) is 0 Å². The molecule has 0 spiro atoms. The second kappa shape index (κ2) is 6.18. The summed E-state index contributed by atoms with van der Waals surface area (Å²) in [5, 5.41) is 0. The molecule has 2 nitrogen and oxygen atoms in total. The molecule has 0 saturated heterocycles. The second-order valence-electron chi connectivity index (χ2n) is 4.72. The van der Waals surface area contributed by atoms with Crippen molar-refractivity contribution in [3.8, 4) is 0 Å². The highest BCUT2D eigenvalue weighted by Gasteiger charge is 2.14. The first-order valence-corrected chi connectivity index (χ1v) is 7.58. The fourth-order valence-electron chi connectivity index (χ4n) is 2.30. The van der Waals surface area contributed by atoms with E-state index in [2.05, 4.69) is 81.5 Å². The molecular weight excluding hydrogens is 368 g/mol. The lowest BCUT2D eigenvalue weighted by atomic mass is 9.96. The third kappa shape index (κ3) is 3.66. The van der Waals surface area contributed by atoms with E-state index in [1.165, 1.54) is 16.7 Å². The van der Waals surface area contributed by atoms with E-state index in [0.29, 0.717) is 0 Å². The zero-order valence-electron chi connectivity index (χ0n) is 10.9. The average Bonchev–Trinajstić information content (AvgIpc) is 2.27. The summed E-state index contributed by atoms with van der Waals surface area (Å²) in [4.78, 5) is 0. The Morgan fingerprint density at radius 3 is 1.79 bits per heavy atom. The molecule has 1 unspecified atom stereocenters. The van der Waals surface area contributed by atoms with Gasteiger partial charge in [-0.3, -0.25) is 5.84 Å². The Labute approximate surface area is 130 Å². The van der Waals surface area contributed by atoms with Crippen molar-refractivity contribution in [1.82, 2.24) is 5.43 Å². The summed E-state index contributed by atoms with van der Waals surface area (Å²) in [6.07, 6.45) is 0. The molecule has 100 valence electrons. The number of halogens is 2. The van der Waals surface area contributed by atoms with Crippen molar-refractivity contribution in [3.05, 3.63) is 67.6 Å². The highest BCUT2D eigenvalue weighted by Crippen LogP contribution is 2.28. The molecule has 0 radical (unpaired) electrons. The molecular formula is C15H16Br2N2. The van der Waals surface area contributed by atoms with E-state index in [1.807, 2.05) is 6.07 Å². The van der Waals surface area contributed by atoms with Crippen molar-refractivity contribution in [2.75, 3.05) is 0 Å². The van der Waals surface area contributed by atoms with E-state index < -0.39 is 0 Å². The average molecular weight is 384 g/mol. The van der Waals surface area contributed by atoms with Gasteiger partial charge in [-0.2, -0.15) is 0 Å². The van der Waals surface area contributed by atoms with Gasteiger partial charge in [0, 0.05) is 8.95 Å². The van der Waals surface area contributed by atoms with Crippen LogP contribution in [0, 0.1) is 13.8 Å². The molecule has 2 rings (SSSR count). The molecule has 0 aliphatic rings. The third-order valence-corrected chi connectivity index (χ3v) is 3.88. The number of benzene rings is 2. The Bertz CT molecular complexity index is 505. The molecule has 0 amide bonds. The van der Waals surface area contributed by atoms with Crippen molar-refractivity contribution in [2.24, 2.45) is 5.84 Å². The molecule has 2 aromatic rings. The number of hydrazine groups is 1. The first-order valence-electron chi connectivity index (χ1n) is 6.00. The van der Waals surface area contributed by atoms with Gasteiger partial charge in [0.25, 0.3) is 0 Å². The summed E-state index contributed by atoms with van der Waals surface area (Å²) in [6.45, 7) is 4.20. The van der Waals surface area contributed by atoms with Gasteiger partial charge in [0.15, 0.2) is 0 Å². The number of nitrogens with one attached hydrogen (secondary N) is 1. The van der Waals surface area contributed by atoms with Crippen LogP contribution in [0.4, 0.5) is 0 Å². The van der Waals surface area contributed by atoms with E-state index in [4.69, 9.17) is 5.84 Å². The maximum atomic E-state index is 5.76. The number of rotatable bonds is 3. The number of nitrogens with two attached hydrogens (primary N) is 1. The lowest BCUT2D eigenvalue weighted by Crippen LogP contribution is -2.29. The van der Waals surface area contributed by atoms with Crippen LogP contribution in [0.25, 0.3) is 0 Å². The Morgan fingerprint density at radius 2 is 1.32 bits per heavy atom. The first-order chi connectivity index (χ1) is 8.99. The smallest absolute Gasteiger partial charge is 0.0711 e. The van der Waals surface area contributed by atoms with E-state index in [-0.39, 0.29) is 6.04 Å². The molecule has 0 fully saturated rings. The quantitative estimate of drug-likeness (QED) is 0.609. The Kier molecular flexibility index (Phi) is 4.79. The molecule has 1 atom stereocenters. The van der Waals surface area contributed by atoms with Crippen molar-refractivity contribution in [3.63, 3.8) is 0 Å². The van der Waals surface area contributed by atoms with E-state index >= 15 is 0 Å². The van der Waals surface area contributed by atoms with Crippen LogP contribution in [-0.2, 0) is 0 Å². The van der Waals surface area contributed by atoms with Crippen LogP contribution >= 0.6 is 31.9 Å². The summed E-state index contributed by atoms with van der Waals surface area (Å²) in [5.41, 5.74) is 7.67. The van der Waals surface area contributed by atoms with Gasteiger partial charge in [-0.05, 0) is 43.2 Å². The predicted octanol–water partition coefficient (Wildman–Crippen LogP) is 4.38. The van der Waals surface area contributed by atoms with Crippen molar-refractivity contribution in [2.45, 2.75) is 19.9 Å². The Balaban J connectivity index is 2.49. The van der Waals surface area contributed by atoms with Gasteiger partial charge in [-0.25, -0.2) is 5.43 Å². The van der Waals surface area contributed by atoms with Gasteiger partial charge in [-0.15, -0.1) is 0 Å². The minimum Gasteiger partial charge on any atom is -0.271 e. The highest BCUT2D eigenvalue weighted by atomic mass is 79.9. The molecule has 0 aromatic heterocycles. The van der Waals surface area contributed by atoms with Crippen molar-refractivity contribution >= 4 is 31.9 Å². The normalized spacial score (nSPS) is 12.5. The third-order valence-electron chi connectivity index (χ3n) is 2.96. The van der Waals surface area contributed by atoms with Crippen LogP contribution < -0.4 is 11.3 Å². The Hall–Kier alpha value is -0.680. The van der Waals surface area contributed by atoms with Gasteiger partial charge in [0.2, 0.25) is 0 Å². The molecule has 0 saturated carbocycles. The predicted molar refractivity (Wildman–Crippen MR) is 86.9 cm³/mol. The molecule has 0 aliphatic carbocycles. The number of aryl methyl sites for hydroxylation is 2. The van der Waals surface area contributed by atoms with E-state index in [1.54, 1.807) is 0 Å². The molecule has 0 bridgehead atoms. The molecule has 0 aliphatic heterocycles. The second-order valence-corrected chi connectivity index (χ2v) is 6.55. The molecule has 0 heterocycles. The van der Waals surface area contributed by atoms with Crippen LogP contribution in [0.1, 0.15) is 28.3 Å². The lowest BCUT2D eigenvalue weighted by molar-refractivity contribution is 0.635. The van der Waals surface area contributed by atoms with Crippen LogP contribution in [0.5, 0.6) is 0 Å². The van der Waals surface area contributed by atoms with Gasteiger partial charge >= 0.3 is 0 Å². The zero-order valence-corrected chi connectivity index (χ0v) is 14.0. The largest absolute Gasteiger partial charge is 0.271 e. The van der Waals surface area contributed by atoms with Gasteiger partial charge < -0.3 is 0 Å². The number of hydrogen-bond acceptors (Lipinski definition) is 2. The zero-order chi connectivity index (χ0) is 14.0. The van der Waals surface area contributed by atoms with Crippen molar-refractivity contribution < 1.29 is 0 Å². The summed E-state index contributed by atoms with van der Waals surface area (Å²) in [7, 11) is 0. The van der Waals surface area contributed by atoms with Crippen LogP contribution in [0.15, 0.2) is 45.3 Å². The van der Waals surface area contributed by atoms with Crippen LogP contribution in [0.2, 0.25) is 0 Å². The summed E-state index contributed by atoms with van der Waals surface area (Å²) in [6, 6.07) is 12.6. The van der Waals surface area contributed by atoms with Gasteiger partial charge in [0.1, 0.15) is 0 Å². The van der Waals surface area contributed by atoms with Crippen LogP contribution in [0.3, 0.4) is 0 Å². The molecule has 2 aromatic carbocycles. The summed E-state index contributed by atoms with van der Waals surface area (Å²) in [5.74, 6) is 5.76. The summed E-state index contributed by atoms with van der Waals surface area (Å²) >= 11 is 7.03. The Morgan fingerprint density at radius 1 is 0.842 bits per heavy atom. The number of hydrogen-bond donors (Lipinski definition) is 2. The standard InChI is InChI=1S/C15H16Br2N2/c1-9-3-10(2)5-11(4-9)15(19-18)12-6-13(16)8-14(17)7-12/h3-8,15,19H,18H2,1-2H3. The summed E-state index contributed by atoms with van der Waals surface area (Å²) < 4.78 is 2.06.